The van der Waals surface area contributed by atoms with Crippen LogP contribution >= 0.6 is 35.7 Å². The fourth-order valence-corrected chi connectivity index (χ4v) is 4.95. The van der Waals surface area contributed by atoms with Gasteiger partial charge in [0, 0.05) is 6.07 Å². The summed E-state index contributed by atoms with van der Waals surface area (Å²) < 4.78 is 3.23. The second-order valence-corrected chi connectivity index (χ2v) is 7.33. The highest BCUT2D eigenvalue weighted by atomic mass is 127. The molecule has 128 valence electrons. The number of rotatable bonds is 2. The summed E-state index contributed by atoms with van der Waals surface area (Å²) in [4.78, 5) is 25.7. The Kier molecular flexibility index (Phi) is 4.24. The molecule has 8 nitrogen and oxygen atoms in total. The van der Waals surface area contributed by atoms with Crippen LogP contribution in [-0.4, -0.2) is 49.6 Å². The third kappa shape index (κ3) is 2.09. The van der Waals surface area contributed by atoms with Crippen LogP contribution in [-0.2, 0) is 15.1 Å². The number of amides is 1. The highest BCUT2D eigenvalue weighted by Gasteiger charge is 2.60. The smallest absolute Gasteiger partial charge is 0.307 e. The summed E-state index contributed by atoms with van der Waals surface area (Å²) in [6.07, 6.45) is 4.98. The zero-order valence-corrected chi connectivity index (χ0v) is 15.9. The molecule has 3 unspecified atom stereocenters. The molecule has 0 spiro atoms. The fourth-order valence-electron chi connectivity index (χ4n) is 3.41. The number of aromatic nitrogens is 3. The van der Waals surface area contributed by atoms with E-state index in [2.05, 4.69) is 5.10 Å². The standard InChI is InChI=1S/C14H15N5O3S.HI/c1-8-14(13(21)22,7-17-11(20)10(15)12(17)23-8)18-5-6-19-9(18)3-2-4-16-19;/h2-6,8,10,12H,7,15H2,1H3;1H/t8?,10?,12-,14?;/m1./s1. The first-order chi connectivity index (χ1) is 11.0. The van der Waals surface area contributed by atoms with E-state index in [9.17, 15) is 14.7 Å². The van der Waals surface area contributed by atoms with Gasteiger partial charge in [0.25, 0.3) is 0 Å². The van der Waals surface area contributed by atoms with Crippen LogP contribution in [0, 0.1) is 0 Å². The van der Waals surface area contributed by atoms with E-state index >= 15 is 0 Å². The lowest BCUT2D eigenvalue weighted by molar-refractivity contribution is -0.732. The van der Waals surface area contributed by atoms with Crippen molar-refractivity contribution in [3.63, 3.8) is 0 Å². The third-order valence-electron chi connectivity index (χ3n) is 4.75. The average molecular weight is 461 g/mol. The van der Waals surface area contributed by atoms with Crippen molar-refractivity contribution < 1.29 is 19.3 Å². The van der Waals surface area contributed by atoms with Crippen LogP contribution in [0.25, 0.3) is 5.65 Å². The van der Waals surface area contributed by atoms with E-state index in [1.807, 2.05) is 6.92 Å². The van der Waals surface area contributed by atoms with E-state index in [1.54, 1.807) is 39.8 Å². The third-order valence-corrected chi connectivity index (χ3v) is 6.38. The average Bonchev–Trinajstić information content (AvgIpc) is 2.98. The van der Waals surface area contributed by atoms with Crippen molar-refractivity contribution in [2.75, 3.05) is 6.54 Å². The Balaban J connectivity index is 0.00000169. The Hall–Kier alpha value is -1.40. The monoisotopic (exact) mass is 461 g/mol. The van der Waals surface area contributed by atoms with Crippen LogP contribution in [0.4, 0.5) is 0 Å². The number of nitrogens with zero attached hydrogens (tertiary/aromatic N) is 4. The van der Waals surface area contributed by atoms with E-state index < -0.39 is 17.6 Å². The molecule has 2 N–H and O–H groups in total. The van der Waals surface area contributed by atoms with Crippen molar-refractivity contribution in [2.24, 2.45) is 5.73 Å². The molecule has 4 rings (SSSR count). The molecule has 10 heteroatoms. The molecule has 0 bridgehead atoms. The molecule has 2 fully saturated rings. The maximum Gasteiger partial charge on any atom is 0.307 e. The molecule has 2 saturated heterocycles. The van der Waals surface area contributed by atoms with E-state index in [-0.39, 0.29) is 47.1 Å². The van der Waals surface area contributed by atoms with Crippen LogP contribution < -0.4 is 15.4 Å². The zero-order chi connectivity index (χ0) is 16.4. The van der Waals surface area contributed by atoms with Gasteiger partial charge in [0.15, 0.2) is 11.7 Å². The minimum atomic E-state index is -1.37. The molecule has 2 aliphatic rings. The first-order valence-electron chi connectivity index (χ1n) is 7.24. The Labute approximate surface area is 159 Å². The van der Waals surface area contributed by atoms with Crippen molar-refractivity contribution in [3.8, 4) is 0 Å². The van der Waals surface area contributed by atoms with E-state index in [0.29, 0.717) is 5.65 Å². The second kappa shape index (κ2) is 5.85. The minimum absolute atomic E-state index is 0. The largest absolute Gasteiger partial charge is 0.545 e. The number of imidazole rings is 1. The SMILES string of the molecule is CC1S[C@@H]2C(N)C(=O)N2CC1(C(=O)[O-])[n+]1ccn2ncccc21.I. The number of halogens is 1. The number of carbonyl (C=O) groups is 2. The van der Waals surface area contributed by atoms with Gasteiger partial charge in [0.2, 0.25) is 5.91 Å². The van der Waals surface area contributed by atoms with E-state index in [4.69, 9.17) is 5.73 Å². The topological polar surface area (TPSA) is 108 Å². The predicted octanol–water partition coefficient (Wildman–Crippen LogP) is -1.68. The number of hydrogen-bond acceptors (Lipinski definition) is 6. The van der Waals surface area contributed by atoms with Crippen molar-refractivity contribution in [3.05, 3.63) is 30.7 Å². The number of carboxylic acids is 1. The quantitative estimate of drug-likeness (QED) is 0.325. The van der Waals surface area contributed by atoms with Gasteiger partial charge in [-0.05, 0) is 13.0 Å². The molecule has 2 aromatic rings. The van der Waals surface area contributed by atoms with Crippen LogP contribution in [0.2, 0.25) is 0 Å². The summed E-state index contributed by atoms with van der Waals surface area (Å²) >= 11 is 1.40. The highest BCUT2D eigenvalue weighted by molar-refractivity contribution is 14.0. The number of aliphatic carboxylic acids is 1. The number of fused-ring (bicyclic) bond motifs is 2. The van der Waals surface area contributed by atoms with Crippen molar-refractivity contribution in [2.45, 2.75) is 29.1 Å². The molecule has 4 heterocycles. The molecule has 2 aliphatic heterocycles. The molecule has 0 saturated carbocycles. The van der Waals surface area contributed by atoms with Gasteiger partial charge < -0.3 is 20.5 Å². The second-order valence-electron chi connectivity index (χ2n) is 5.87. The number of nitrogens with two attached hydrogens (primary N) is 1. The first kappa shape index (κ1) is 17.4. The summed E-state index contributed by atoms with van der Waals surface area (Å²) in [5.74, 6) is -1.44. The Morgan fingerprint density at radius 2 is 2.33 bits per heavy atom. The van der Waals surface area contributed by atoms with Gasteiger partial charge in [-0.1, -0.05) is 5.10 Å². The molecule has 4 atom stereocenters. The normalized spacial score (nSPS) is 32.0. The van der Waals surface area contributed by atoms with Crippen molar-refractivity contribution in [1.29, 1.82) is 0 Å². The number of thioether (sulfide) groups is 1. The van der Waals surface area contributed by atoms with Crippen molar-refractivity contribution >= 4 is 53.3 Å². The molecular weight excluding hydrogens is 445 g/mol. The van der Waals surface area contributed by atoms with Gasteiger partial charge in [-0.25, -0.2) is 4.57 Å². The van der Waals surface area contributed by atoms with Gasteiger partial charge in [-0.3, -0.25) is 4.79 Å². The van der Waals surface area contributed by atoms with Gasteiger partial charge in [0.1, 0.15) is 17.6 Å². The van der Waals surface area contributed by atoms with Crippen LogP contribution in [0.1, 0.15) is 6.92 Å². The van der Waals surface area contributed by atoms with Crippen molar-refractivity contribution in [1.82, 2.24) is 14.5 Å². The van der Waals surface area contributed by atoms with Gasteiger partial charge in [-0.2, -0.15) is 0 Å². The predicted molar refractivity (Wildman–Crippen MR) is 94.3 cm³/mol. The fraction of sp³-hybridized carbons (Fsp3) is 0.429. The summed E-state index contributed by atoms with van der Waals surface area (Å²) in [5.41, 5.74) is 5.08. The molecule has 24 heavy (non-hydrogen) atoms. The molecule has 0 aliphatic carbocycles. The minimum Gasteiger partial charge on any atom is -0.545 e. The Morgan fingerprint density at radius 3 is 3.04 bits per heavy atom. The van der Waals surface area contributed by atoms with Gasteiger partial charge in [0.05, 0.1) is 24.0 Å². The summed E-state index contributed by atoms with van der Waals surface area (Å²) in [6, 6.07) is 2.97. The van der Waals surface area contributed by atoms with Crippen LogP contribution in [0.5, 0.6) is 0 Å². The number of hydrogen-bond donors (Lipinski definition) is 1. The summed E-state index contributed by atoms with van der Waals surface area (Å²) in [7, 11) is 0. The van der Waals surface area contributed by atoms with Gasteiger partial charge in [-0.15, -0.1) is 40.3 Å². The number of β-lactam (4-membered cyclic amide) rings is 1. The zero-order valence-electron chi connectivity index (χ0n) is 12.7. The number of carbonyl (C=O) groups excluding carboxylic acids is 2. The Morgan fingerprint density at radius 1 is 1.58 bits per heavy atom. The van der Waals surface area contributed by atoms with Crippen LogP contribution in [0.15, 0.2) is 30.7 Å². The lowest BCUT2D eigenvalue weighted by Crippen LogP contribution is -2.81. The lowest BCUT2D eigenvalue weighted by Gasteiger charge is -2.55. The summed E-state index contributed by atoms with van der Waals surface area (Å²) in [6.45, 7) is 1.88. The molecular formula is C14H16IN5O3S. The number of carboxylic acid groups (broad SMARTS) is 1. The van der Waals surface area contributed by atoms with Gasteiger partial charge >= 0.3 is 5.65 Å². The molecule has 1 amide bonds. The first-order valence-corrected chi connectivity index (χ1v) is 8.18. The Bertz CT molecular complexity index is 830. The molecule has 0 aromatic carbocycles. The maximum atomic E-state index is 12.1. The van der Waals surface area contributed by atoms with E-state index in [0.717, 1.165) is 0 Å². The summed E-state index contributed by atoms with van der Waals surface area (Å²) in [5, 5.41) is 15.8. The van der Waals surface area contributed by atoms with E-state index in [1.165, 1.54) is 16.7 Å². The highest BCUT2D eigenvalue weighted by Crippen LogP contribution is 2.43. The maximum absolute atomic E-state index is 12.1. The van der Waals surface area contributed by atoms with Crippen LogP contribution in [0.3, 0.4) is 0 Å². The lowest BCUT2D eigenvalue weighted by atomic mass is 9.91. The molecule has 2 aromatic heterocycles. The molecule has 0 radical (unpaired) electrons.